The quantitative estimate of drug-likeness (QED) is 0.0618. The second-order valence-electron chi connectivity index (χ2n) is 13.6. The Morgan fingerprint density at radius 1 is 0.750 bits per heavy atom. The smallest absolute Gasteiger partial charge is 0.187 e. The summed E-state index contributed by atoms with van der Waals surface area (Å²) in [6.45, 7) is 17.6. The number of aromatic hydroxyl groups is 2. The van der Waals surface area contributed by atoms with Gasteiger partial charge < -0.3 is 15.3 Å². The lowest BCUT2D eigenvalue weighted by Crippen LogP contribution is -2.67. The van der Waals surface area contributed by atoms with Crippen molar-refractivity contribution in [2.75, 3.05) is 0 Å². The molecular formula is C38H48O6. The number of Topliss-reactive ketones (excluding diaryl/α,β-unsaturated/α-hetero) is 3. The first-order chi connectivity index (χ1) is 20.4. The minimum absolute atomic E-state index is 0.000797. The van der Waals surface area contributed by atoms with Crippen LogP contribution in [-0.4, -0.2) is 32.7 Å². The Hall–Kier alpha value is -3.93. The monoisotopic (exact) mass is 600 g/mol. The van der Waals surface area contributed by atoms with E-state index in [-0.39, 0.29) is 18.4 Å². The van der Waals surface area contributed by atoms with Crippen LogP contribution in [0.25, 0.3) is 5.76 Å². The number of benzene rings is 1. The standard InChI is InChI=1S/C38H48O6/c1-23(2)11-10-18-36(9)28(14-12-24(3)4)22-37(19-16-25(5)6)33(42)31(32(41)27-13-15-29(39)30(40)21-27)34(43)38(36,35(37)44)20-17-26(7)8/h11-13,15-17,21-22,39-41H,10,14,18-20H2,1-9H3/t36-,37-,38+/m0/s1. The molecule has 1 aromatic carbocycles. The molecule has 0 amide bonds. The van der Waals surface area contributed by atoms with Crippen molar-refractivity contribution < 1.29 is 29.7 Å². The maximum atomic E-state index is 15.1. The van der Waals surface area contributed by atoms with Crippen molar-refractivity contribution in [3.63, 3.8) is 0 Å². The summed E-state index contributed by atoms with van der Waals surface area (Å²) < 4.78 is 0. The normalized spacial score (nSPS) is 25.6. The lowest BCUT2D eigenvalue weighted by atomic mass is 9.41. The molecule has 2 aliphatic carbocycles. The van der Waals surface area contributed by atoms with Gasteiger partial charge in [-0.15, -0.1) is 0 Å². The molecule has 236 valence electrons. The van der Waals surface area contributed by atoms with Crippen LogP contribution in [0, 0.1) is 16.2 Å². The summed E-state index contributed by atoms with van der Waals surface area (Å²) in [5.74, 6) is -3.40. The number of hydrogen-bond acceptors (Lipinski definition) is 6. The van der Waals surface area contributed by atoms with Crippen molar-refractivity contribution in [3.05, 3.63) is 87.6 Å². The Kier molecular flexibility index (Phi) is 10.2. The maximum absolute atomic E-state index is 15.1. The second-order valence-corrected chi connectivity index (χ2v) is 13.6. The summed E-state index contributed by atoms with van der Waals surface area (Å²) in [6.07, 6.45) is 11.4. The van der Waals surface area contributed by atoms with Crippen LogP contribution in [-0.2, 0) is 14.4 Å². The fourth-order valence-electron chi connectivity index (χ4n) is 6.52. The summed E-state index contributed by atoms with van der Waals surface area (Å²) in [7, 11) is 0. The number of aliphatic hydroxyl groups excluding tert-OH is 1. The molecule has 44 heavy (non-hydrogen) atoms. The zero-order chi connectivity index (χ0) is 33.2. The predicted octanol–water partition coefficient (Wildman–Crippen LogP) is 8.82. The van der Waals surface area contributed by atoms with Crippen LogP contribution < -0.4 is 0 Å². The fourth-order valence-corrected chi connectivity index (χ4v) is 6.52. The Balaban J connectivity index is 2.57. The molecular weight excluding hydrogens is 552 g/mol. The van der Waals surface area contributed by atoms with Gasteiger partial charge >= 0.3 is 0 Å². The highest BCUT2D eigenvalue weighted by atomic mass is 16.3. The number of aliphatic hydroxyl groups is 1. The van der Waals surface area contributed by atoms with E-state index in [0.29, 0.717) is 19.3 Å². The molecule has 2 bridgehead atoms. The highest BCUT2D eigenvalue weighted by Gasteiger charge is 2.72. The van der Waals surface area contributed by atoms with E-state index in [9.17, 15) is 20.1 Å². The molecule has 2 aliphatic rings. The van der Waals surface area contributed by atoms with Crippen molar-refractivity contribution in [3.8, 4) is 11.5 Å². The molecule has 0 aliphatic heterocycles. The van der Waals surface area contributed by atoms with E-state index in [2.05, 4.69) is 12.2 Å². The number of phenols is 2. The molecule has 0 unspecified atom stereocenters. The van der Waals surface area contributed by atoms with E-state index in [1.807, 2.05) is 74.5 Å². The number of hydrogen-bond donors (Lipinski definition) is 3. The van der Waals surface area contributed by atoms with Crippen LogP contribution in [0.4, 0.5) is 0 Å². The first kappa shape index (κ1) is 34.6. The zero-order valence-electron chi connectivity index (χ0n) is 27.7. The Morgan fingerprint density at radius 3 is 1.86 bits per heavy atom. The summed E-state index contributed by atoms with van der Waals surface area (Å²) in [5, 5.41) is 31.7. The number of ketones is 3. The van der Waals surface area contributed by atoms with Crippen LogP contribution >= 0.6 is 0 Å². The minimum Gasteiger partial charge on any atom is -0.506 e. The summed E-state index contributed by atoms with van der Waals surface area (Å²) in [4.78, 5) is 44.9. The van der Waals surface area contributed by atoms with Gasteiger partial charge in [-0.05, 0) is 106 Å². The minimum atomic E-state index is -1.70. The molecule has 1 aromatic rings. The number of phenolic OH excluding ortho intramolecular Hbond substituents is 2. The third-order valence-electron chi connectivity index (χ3n) is 9.17. The van der Waals surface area contributed by atoms with E-state index in [4.69, 9.17) is 0 Å². The van der Waals surface area contributed by atoms with Crippen LogP contribution in [0.1, 0.15) is 100.0 Å². The summed E-state index contributed by atoms with van der Waals surface area (Å²) >= 11 is 0. The first-order valence-corrected chi connectivity index (χ1v) is 15.3. The molecule has 0 spiro atoms. The Bertz CT molecular complexity index is 1540. The highest BCUT2D eigenvalue weighted by molar-refractivity contribution is 6.42. The van der Waals surface area contributed by atoms with Crippen molar-refractivity contribution in [1.29, 1.82) is 0 Å². The number of rotatable bonds is 10. The van der Waals surface area contributed by atoms with Crippen LogP contribution in [0.3, 0.4) is 0 Å². The Labute approximate surface area is 262 Å². The van der Waals surface area contributed by atoms with Gasteiger partial charge in [-0.1, -0.05) is 65.2 Å². The highest BCUT2D eigenvalue weighted by Crippen LogP contribution is 2.64. The fraction of sp³-hybridized carbons (Fsp3) is 0.447. The van der Waals surface area contributed by atoms with Gasteiger partial charge in [0, 0.05) is 11.0 Å². The number of allylic oxidation sites excluding steroid dienone is 11. The van der Waals surface area contributed by atoms with Gasteiger partial charge in [0.2, 0.25) is 0 Å². The average Bonchev–Trinajstić information content (AvgIpc) is 2.92. The van der Waals surface area contributed by atoms with Crippen LogP contribution in [0.2, 0.25) is 0 Å². The lowest BCUT2D eigenvalue weighted by molar-refractivity contribution is -0.161. The molecule has 3 rings (SSSR count). The second kappa shape index (κ2) is 13.0. The molecule has 3 atom stereocenters. The van der Waals surface area contributed by atoms with Gasteiger partial charge in [0.15, 0.2) is 28.8 Å². The topological polar surface area (TPSA) is 112 Å². The molecule has 6 nitrogen and oxygen atoms in total. The SMILES string of the molecule is CC(C)=CCC[C@@]1(C)C(CC=C(C)C)=C[C@@]2(CC=C(C)C)C(=O)C(=C(O)c3ccc(O)c(O)c3)C(=O)[C@]1(CC=C(C)C)C2=O. The van der Waals surface area contributed by atoms with Crippen LogP contribution in [0.5, 0.6) is 11.5 Å². The van der Waals surface area contributed by atoms with E-state index >= 15 is 9.59 Å². The third-order valence-corrected chi connectivity index (χ3v) is 9.17. The molecule has 3 N–H and O–H groups in total. The third kappa shape index (κ3) is 6.04. The first-order valence-electron chi connectivity index (χ1n) is 15.3. The number of carbonyl (C=O) groups is 3. The summed E-state index contributed by atoms with van der Waals surface area (Å²) in [6, 6.07) is 3.63. The van der Waals surface area contributed by atoms with E-state index in [1.165, 1.54) is 12.1 Å². The maximum Gasteiger partial charge on any atom is 0.187 e. The van der Waals surface area contributed by atoms with Gasteiger partial charge in [0.05, 0.1) is 0 Å². The van der Waals surface area contributed by atoms with Gasteiger partial charge in [-0.3, -0.25) is 14.4 Å². The van der Waals surface area contributed by atoms with Crippen LogP contribution in [0.15, 0.2) is 82.0 Å². The molecule has 0 heterocycles. The van der Waals surface area contributed by atoms with Gasteiger partial charge in [0.1, 0.15) is 22.2 Å². The van der Waals surface area contributed by atoms with Crippen molar-refractivity contribution in [1.82, 2.24) is 0 Å². The molecule has 6 heteroatoms. The van der Waals surface area contributed by atoms with Gasteiger partial charge in [-0.2, -0.15) is 0 Å². The molecule has 0 radical (unpaired) electrons. The van der Waals surface area contributed by atoms with E-state index in [0.717, 1.165) is 33.9 Å². The molecule has 1 fully saturated rings. The number of fused-ring (bicyclic) bond motifs is 2. The van der Waals surface area contributed by atoms with Crippen molar-refractivity contribution in [2.24, 2.45) is 16.2 Å². The molecule has 1 saturated carbocycles. The number of carbonyl (C=O) groups excluding carboxylic acids is 3. The van der Waals surface area contributed by atoms with E-state index < -0.39 is 56.4 Å². The van der Waals surface area contributed by atoms with Gasteiger partial charge in [0.25, 0.3) is 0 Å². The largest absolute Gasteiger partial charge is 0.506 e. The van der Waals surface area contributed by atoms with E-state index in [1.54, 1.807) is 6.08 Å². The van der Waals surface area contributed by atoms with Crippen molar-refractivity contribution in [2.45, 2.75) is 94.4 Å². The predicted molar refractivity (Wildman–Crippen MR) is 176 cm³/mol. The zero-order valence-corrected chi connectivity index (χ0v) is 27.7. The molecule has 0 saturated heterocycles. The Morgan fingerprint density at radius 2 is 1.32 bits per heavy atom. The van der Waals surface area contributed by atoms with Gasteiger partial charge in [-0.25, -0.2) is 0 Å². The summed E-state index contributed by atoms with van der Waals surface area (Å²) in [5.41, 5.74) is 0.114. The molecule has 0 aromatic heterocycles. The van der Waals surface area contributed by atoms with Crippen molar-refractivity contribution >= 4 is 23.1 Å². The lowest BCUT2D eigenvalue weighted by Gasteiger charge is -2.57. The average molecular weight is 601 g/mol.